The number of nitrogens with zero attached hydrogens (tertiary/aromatic N) is 4. The van der Waals surface area contributed by atoms with Gasteiger partial charge >= 0.3 is 0 Å². The second-order valence-electron chi connectivity index (χ2n) is 5.32. The van der Waals surface area contributed by atoms with Gasteiger partial charge in [-0.05, 0) is 50.2 Å². The third-order valence-electron chi connectivity index (χ3n) is 3.79. The van der Waals surface area contributed by atoms with Gasteiger partial charge in [0.2, 0.25) is 0 Å². The molecule has 20 heavy (non-hydrogen) atoms. The number of phenolic OH excluding ortho intramolecular Hbond substituents is 1. The number of rotatable bonds is 4. The van der Waals surface area contributed by atoms with Crippen molar-refractivity contribution in [2.45, 2.75) is 25.7 Å². The number of hydrogen-bond donors (Lipinski definition) is 1. The molecule has 0 spiro atoms. The second-order valence-corrected chi connectivity index (χ2v) is 5.32. The molecular weight excluding hydrogens is 252 g/mol. The molecule has 5 nitrogen and oxygen atoms in total. The maximum atomic E-state index is 9.29. The SMILES string of the molecule is Oc1ccc(-n2cc(CCN3CCCCC3)nn2)cc1. The Balaban J connectivity index is 1.60. The molecule has 0 aliphatic carbocycles. The summed E-state index contributed by atoms with van der Waals surface area (Å²) in [4.78, 5) is 2.50. The minimum absolute atomic E-state index is 0.263. The highest BCUT2D eigenvalue weighted by Crippen LogP contribution is 2.13. The van der Waals surface area contributed by atoms with Crippen LogP contribution in [0.15, 0.2) is 30.5 Å². The smallest absolute Gasteiger partial charge is 0.115 e. The Kier molecular flexibility index (Phi) is 3.97. The zero-order valence-electron chi connectivity index (χ0n) is 11.6. The lowest BCUT2D eigenvalue weighted by Gasteiger charge is -2.25. The average Bonchev–Trinajstić information content (AvgIpc) is 2.96. The van der Waals surface area contributed by atoms with Crippen molar-refractivity contribution < 1.29 is 5.11 Å². The fourth-order valence-electron chi connectivity index (χ4n) is 2.60. The van der Waals surface area contributed by atoms with Crippen LogP contribution in [0.5, 0.6) is 5.75 Å². The molecule has 0 amide bonds. The number of aromatic nitrogens is 3. The van der Waals surface area contributed by atoms with Crippen LogP contribution in [0.2, 0.25) is 0 Å². The molecule has 2 heterocycles. The number of benzene rings is 1. The number of piperidine rings is 1. The standard InChI is InChI=1S/C15H20N4O/c20-15-6-4-14(5-7-15)19-12-13(16-17-19)8-11-18-9-2-1-3-10-18/h4-7,12,20H,1-3,8-11H2. The van der Waals surface area contributed by atoms with E-state index < -0.39 is 0 Å². The molecular formula is C15H20N4O. The van der Waals surface area contributed by atoms with Crippen LogP contribution in [0, 0.1) is 0 Å². The maximum Gasteiger partial charge on any atom is 0.115 e. The highest BCUT2D eigenvalue weighted by Gasteiger charge is 2.11. The Labute approximate surface area is 118 Å². The first-order chi connectivity index (χ1) is 9.81. The molecule has 0 bridgehead atoms. The zero-order valence-corrected chi connectivity index (χ0v) is 11.6. The first kappa shape index (κ1) is 13.1. The lowest BCUT2D eigenvalue weighted by Crippen LogP contribution is -2.31. The van der Waals surface area contributed by atoms with Crippen LogP contribution in [0.1, 0.15) is 25.0 Å². The predicted molar refractivity (Wildman–Crippen MR) is 77.0 cm³/mol. The first-order valence-corrected chi connectivity index (χ1v) is 7.24. The van der Waals surface area contributed by atoms with E-state index in [4.69, 9.17) is 0 Å². The number of aromatic hydroxyl groups is 1. The number of hydrogen-bond acceptors (Lipinski definition) is 4. The van der Waals surface area contributed by atoms with Gasteiger partial charge < -0.3 is 10.0 Å². The molecule has 0 radical (unpaired) electrons. The van der Waals surface area contributed by atoms with Crippen LogP contribution in [-0.2, 0) is 6.42 Å². The quantitative estimate of drug-likeness (QED) is 0.925. The molecule has 1 aliphatic rings. The Morgan fingerprint density at radius 1 is 1.05 bits per heavy atom. The van der Waals surface area contributed by atoms with Crippen LogP contribution in [-0.4, -0.2) is 44.6 Å². The molecule has 106 valence electrons. The Morgan fingerprint density at radius 3 is 2.55 bits per heavy atom. The van der Waals surface area contributed by atoms with Gasteiger partial charge in [-0.2, -0.15) is 0 Å². The minimum atomic E-state index is 0.263. The van der Waals surface area contributed by atoms with Crippen molar-refractivity contribution >= 4 is 0 Å². The fourth-order valence-corrected chi connectivity index (χ4v) is 2.60. The molecule has 2 aromatic rings. The Morgan fingerprint density at radius 2 is 1.80 bits per heavy atom. The van der Waals surface area contributed by atoms with Gasteiger partial charge in [0.25, 0.3) is 0 Å². The van der Waals surface area contributed by atoms with Gasteiger partial charge in [-0.1, -0.05) is 11.6 Å². The van der Waals surface area contributed by atoms with Crippen molar-refractivity contribution in [3.63, 3.8) is 0 Å². The monoisotopic (exact) mass is 272 g/mol. The summed E-state index contributed by atoms with van der Waals surface area (Å²) in [6, 6.07) is 6.98. The van der Waals surface area contributed by atoms with Gasteiger partial charge in [0.05, 0.1) is 17.6 Å². The van der Waals surface area contributed by atoms with Crippen molar-refractivity contribution in [1.29, 1.82) is 0 Å². The molecule has 5 heteroatoms. The van der Waals surface area contributed by atoms with E-state index in [1.54, 1.807) is 16.8 Å². The van der Waals surface area contributed by atoms with Crippen LogP contribution in [0.25, 0.3) is 5.69 Å². The maximum absolute atomic E-state index is 9.29. The van der Waals surface area contributed by atoms with Gasteiger partial charge in [0.15, 0.2) is 0 Å². The largest absolute Gasteiger partial charge is 0.508 e. The van der Waals surface area contributed by atoms with Crippen molar-refractivity contribution in [2.75, 3.05) is 19.6 Å². The van der Waals surface area contributed by atoms with E-state index in [1.807, 2.05) is 18.3 Å². The van der Waals surface area contributed by atoms with Crippen LogP contribution < -0.4 is 0 Å². The molecule has 1 fully saturated rings. The topological polar surface area (TPSA) is 54.2 Å². The summed E-state index contributed by atoms with van der Waals surface area (Å²) in [5.74, 6) is 0.263. The van der Waals surface area contributed by atoms with E-state index in [0.29, 0.717) is 0 Å². The van der Waals surface area contributed by atoms with Gasteiger partial charge in [0.1, 0.15) is 5.75 Å². The number of likely N-dealkylation sites (tertiary alicyclic amines) is 1. The third-order valence-corrected chi connectivity index (χ3v) is 3.79. The summed E-state index contributed by atoms with van der Waals surface area (Å²) in [6.07, 6.45) is 6.92. The normalized spacial score (nSPS) is 16.4. The summed E-state index contributed by atoms with van der Waals surface area (Å²) >= 11 is 0. The van der Waals surface area contributed by atoms with E-state index in [0.717, 1.165) is 24.3 Å². The number of phenols is 1. The van der Waals surface area contributed by atoms with Crippen LogP contribution >= 0.6 is 0 Å². The summed E-state index contributed by atoms with van der Waals surface area (Å²) in [5, 5.41) is 17.7. The molecule has 1 aliphatic heterocycles. The molecule has 0 saturated carbocycles. The minimum Gasteiger partial charge on any atom is -0.508 e. The van der Waals surface area contributed by atoms with E-state index in [1.165, 1.54) is 32.4 Å². The Hall–Kier alpha value is -1.88. The molecule has 0 atom stereocenters. The van der Waals surface area contributed by atoms with Crippen molar-refractivity contribution in [3.8, 4) is 11.4 Å². The summed E-state index contributed by atoms with van der Waals surface area (Å²) < 4.78 is 1.75. The second kappa shape index (κ2) is 6.05. The summed E-state index contributed by atoms with van der Waals surface area (Å²) in [6.45, 7) is 3.49. The van der Waals surface area contributed by atoms with Crippen molar-refractivity contribution in [1.82, 2.24) is 19.9 Å². The third kappa shape index (κ3) is 3.17. The molecule has 1 aromatic heterocycles. The highest BCUT2D eigenvalue weighted by atomic mass is 16.3. The molecule has 3 rings (SSSR count). The Bertz CT molecular complexity index is 543. The zero-order chi connectivity index (χ0) is 13.8. The highest BCUT2D eigenvalue weighted by molar-refractivity contribution is 5.35. The van der Waals surface area contributed by atoms with Crippen LogP contribution in [0.4, 0.5) is 0 Å². The van der Waals surface area contributed by atoms with Crippen molar-refractivity contribution in [2.24, 2.45) is 0 Å². The molecule has 1 saturated heterocycles. The van der Waals surface area contributed by atoms with Gasteiger partial charge in [-0.25, -0.2) is 4.68 Å². The molecule has 1 aromatic carbocycles. The van der Waals surface area contributed by atoms with E-state index in [-0.39, 0.29) is 5.75 Å². The van der Waals surface area contributed by atoms with Gasteiger partial charge in [-0.15, -0.1) is 5.10 Å². The predicted octanol–water partition coefficient (Wildman–Crippen LogP) is 2.00. The average molecular weight is 272 g/mol. The lowest BCUT2D eigenvalue weighted by molar-refractivity contribution is 0.231. The lowest BCUT2D eigenvalue weighted by atomic mass is 10.1. The van der Waals surface area contributed by atoms with Crippen LogP contribution in [0.3, 0.4) is 0 Å². The van der Waals surface area contributed by atoms with E-state index in [2.05, 4.69) is 15.2 Å². The summed E-state index contributed by atoms with van der Waals surface area (Å²) in [5.41, 5.74) is 1.93. The molecule has 0 unspecified atom stereocenters. The first-order valence-electron chi connectivity index (χ1n) is 7.24. The van der Waals surface area contributed by atoms with Crippen molar-refractivity contribution in [3.05, 3.63) is 36.2 Å². The molecule has 1 N–H and O–H groups in total. The fraction of sp³-hybridized carbons (Fsp3) is 0.467. The van der Waals surface area contributed by atoms with E-state index in [9.17, 15) is 5.11 Å². The summed E-state index contributed by atoms with van der Waals surface area (Å²) in [7, 11) is 0. The van der Waals surface area contributed by atoms with E-state index >= 15 is 0 Å². The van der Waals surface area contributed by atoms with Gasteiger partial charge in [-0.3, -0.25) is 0 Å². The van der Waals surface area contributed by atoms with Gasteiger partial charge in [0, 0.05) is 13.0 Å².